The molecule has 1 aromatic heterocycles. The van der Waals surface area contributed by atoms with Gasteiger partial charge in [0.2, 0.25) is 5.91 Å². The zero-order valence-electron chi connectivity index (χ0n) is 12.9. The van der Waals surface area contributed by atoms with Gasteiger partial charge < -0.3 is 9.64 Å². The molecule has 1 aliphatic rings. The normalized spacial score (nSPS) is 15.8. The third-order valence-corrected chi connectivity index (χ3v) is 4.22. The maximum Gasteiger partial charge on any atom is 0.244 e. The lowest BCUT2D eigenvalue weighted by atomic mass is 10.1. The number of hydrogen-bond acceptors (Lipinski definition) is 3. The zero-order valence-corrected chi connectivity index (χ0v) is 13.7. The van der Waals surface area contributed by atoms with Gasteiger partial charge in [0.1, 0.15) is 6.54 Å². The van der Waals surface area contributed by atoms with Gasteiger partial charge in [-0.05, 0) is 18.4 Å². The number of benzene rings is 1. The first-order valence-electron chi connectivity index (χ1n) is 7.82. The molecule has 1 amide bonds. The van der Waals surface area contributed by atoms with Crippen LogP contribution in [-0.4, -0.2) is 39.8 Å². The average molecular weight is 334 g/mol. The highest BCUT2D eigenvalue weighted by Gasteiger charge is 2.23. The van der Waals surface area contributed by atoms with Crippen LogP contribution in [0.4, 0.5) is 0 Å². The summed E-state index contributed by atoms with van der Waals surface area (Å²) < 4.78 is 7.52. The maximum absolute atomic E-state index is 12.2. The fourth-order valence-electron chi connectivity index (χ4n) is 2.72. The summed E-state index contributed by atoms with van der Waals surface area (Å²) in [5.74, 6) is 0.0753. The standard InChI is InChI=1S/C17H20ClN3O2/c18-15-10-19-21(11-15)12-17(22)20-8-6-16(7-9-20)23-13-14-4-2-1-3-5-14/h1-5,10-11,16H,6-9,12-13H2. The van der Waals surface area contributed by atoms with E-state index in [-0.39, 0.29) is 18.6 Å². The molecule has 6 heteroatoms. The molecule has 0 bridgehead atoms. The van der Waals surface area contributed by atoms with Gasteiger partial charge in [-0.2, -0.15) is 5.10 Å². The van der Waals surface area contributed by atoms with Crippen LogP contribution in [0.5, 0.6) is 0 Å². The molecule has 0 radical (unpaired) electrons. The number of hydrogen-bond donors (Lipinski definition) is 0. The summed E-state index contributed by atoms with van der Waals surface area (Å²) in [4.78, 5) is 14.1. The Hall–Kier alpha value is -1.85. The van der Waals surface area contributed by atoms with Crippen LogP contribution in [-0.2, 0) is 22.7 Å². The molecule has 0 spiro atoms. The number of halogens is 1. The average Bonchev–Trinajstić information content (AvgIpc) is 2.99. The summed E-state index contributed by atoms with van der Waals surface area (Å²) in [7, 11) is 0. The van der Waals surface area contributed by atoms with Gasteiger partial charge in [0.25, 0.3) is 0 Å². The van der Waals surface area contributed by atoms with Crippen LogP contribution in [0.1, 0.15) is 18.4 Å². The minimum Gasteiger partial charge on any atom is -0.373 e. The Balaban J connectivity index is 1.42. The Morgan fingerprint density at radius 2 is 2.00 bits per heavy atom. The van der Waals surface area contributed by atoms with Crippen LogP contribution in [0.3, 0.4) is 0 Å². The Bertz CT molecular complexity index is 636. The zero-order chi connectivity index (χ0) is 16.1. The van der Waals surface area contributed by atoms with Crippen LogP contribution in [0.25, 0.3) is 0 Å². The lowest BCUT2D eigenvalue weighted by Crippen LogP contribution is -2.42. The van der Waals surface area contributed by atoms with Gasteiger partial charge >= 0.3 is 0 Å². The number of carbonyl (C=O) groups is 1. The summed E-state index contributed by atoms with van der Waals surface area (Å²) in [5, 5.41) is 4.59. The largest absolute Gasteiger partial charge is 0.373 e. The van der Waals surface area contributed by atoms with Gasteiger partial charge in [0.05, 0.1) is 23.9 Å². The van der Waals surface area contributed by atoms with E-state index in [4.69, 9.17) is 16.3 Å². The van der Waals surface area contributed by atoms with E-state index in [1.165, 1.54) is 5.56 Å². The molecule has 3 rings (SSSR count). The van der Waals surface area contributed by atoms with Crippen molar-refractivity contribution in [2.24, 2.45) is 0 Å². The second-order valence-electron chi connectivity index (χ2n) is 5.73. The molecule has 0 atom stereocenters. The van der Waals surface area contributed by atoms with Gasteiger partial charge in [-0.15, -0.1) is 0 Å². The van der Waals surface area contributed by atoms with Crippen LogP contribution < -0.4 is 0 Å². The molecule has 122 valence electrons. The van der Waals surface area contributed by atoms with Crippen molar-refractivity contribution in [3.05, 3.63) is 53.3 Å². The highest BCUT2D eigenvalue weighted by molar-refractivity contribution is 6.30. The van der Waals surface area contributed by atoms with E-state index in [2.05, 4.69) is 17.2 Å². The predicted octanol–water partition coefficient (Wildman–Crippen LogP) is 2.74. The second-order valence-corrected chi connectivity index (χ2v) is 6.17. The Kier molecular flexibility index (Phi) is 5.31. The summed E-state index contributed by atoms with van der Waals surface area (Å²) in [6.07, 6.45) is 5.17. The summed E-state index contributed by atoms with van der Waals surface area (Å²) in [6.45, 7) is 2.33. The monoisotopic (exact) mass is 333 g/mol. The van der Waals surface area contributed by atoms with Crippen molar-refractivity contribution >= 4 is 17.5 Å². The topological polar surface area (TPSA) is 47.4 Å². The molecular weight excluding hydrogens is 314 g/mol. The molecule has 2 aromatic rings. The minimum absolute atomic E-state index is 0.0753. The number of ether oxygens (including phenoxy) is 1. The quantitative estimate of drug-likeness (QED) is 0.845. The van der Waals surface area contributed by atoms with Gasteiger partial charge in [0.15, 0.2) is 0 Å². The van der Waals surface area contributed by atoms with E-state index in [9.17, 15) is 4.79 Å². The molecule has 1 fully saturated rings. The van der Waals surface area contributed by atoms with Gasteiger partial charge in [-0.25, -0.2) is 0 Å². The Morgan fingerprint density at radius 3 is 2.65 bits per heavy atom. The number of aromatic nitrogens is 2. The molecule has 0 unspecified atom stereocenters. The van der Waals surface area contributed by atoms with Gasteiger partial charge in [-0.3, -0.25) is 9.48 Å². The molecule has 0 aliphatic carbocycles. The molecule has 0 N–H and O–H groups in total. The highest BCUT2D eigenvalue weighted by Crippen LogP contribution is 2.16. The Labute approximate surface area is 140 Å². The molecule has 23 heavy (non-hydrogen) atoms. The summed E-state index contributed by atoms with van der Waals surface area (Å²) >= 11 is 5.81. The first kappa shape index (κ1) is 16.0. The third kappa shape index (κ3) is 4.56. The van der Waals surface area contributed by atoms with E-state index >= 15 is 0 Å². The lowest BCUT2D eigenvalue weighted by molar-refractivity contribution is -0.134. The van der Waals surface area contributed by atoms with Crippen molar-refractivity contribution in [1.82, 2.24) is 14.7 Å². The second kappa shape index (κ2) is 7.62. The van der Waals surface area contributed by atoms with Crippen molar-refractivity contribution in [1.29, 1.82) is 0 Å². The van der Waals surface area contributed by atoms with Crippen molar-refractivity contribution in [2.75, 3.05) is 13.1 Å². The van der Waals surface area contributed by atoms with E-state index in [0.29, 0.717) is 11.6 Å². The predicted molar refractivity (Wildman–Crippen MR) is 88.1 cm³/mol. The van der Waals surface area contributed by atoms with E-state index in [1.807, 2.05) is 23.1 Å². The molecular formula is C17H20ClN3O2. The molecule has 2 heterocycles. The van der Waals surface area contributed by atoms with Crippen molar-refractivity contribution in [3.8, 4) is 0 Å². The third-order valence-electron chi connectivity index (χ3n) is 4.02. The van der Waals surface area contributed by atoms with Crippen LogP contribution in [0, 0.1) is 0 Å². The first-order valence-corrected chi connectivity index (χ1v) is 8.20. The lowest BCUT2D eigenvalue weighted by Gasteiger charge is -2.32. The van der Waals surface area contributed by atoms with Crippen LogP contribution in [0.2, 0.25) is 5.02 Å². The van der Waals surface area contributed by atoms with Gasteiger partial charge in [0, 0.05) is 19.3 Å². The van der Waals surface area contributed by atoms with E-state index < -0.39 is 0 Å². The number of amides is 1. The number of carbonyl (C=O) groups excluding carboxylic acids is 1. The van der Waals surface area contributed by atoms with E-state index in [0.717, 1.165) is 25.9 Å². The van der Waals surface area contributed by atoms with Crippen molar-refractivity contribution < 1.29 is 9.53 Å². The number of piperidine rings is 1. The number of nitrogens with zero attached hydrogens (tertiary/aromatic N) is 3. The number of likely N-dealkylation sites (tertiary alicyclic amines) is 1. The minimum atomic E-state index is 0.0753. The molecule has 1 saturated heterocycles. The molecule has 5 nitrogen and oxygen atoms in total. The molecule has 1 aromatic carbocycles. The molecule has 0 saturated carbocycles. The first-order chi connectivity index (χ1) is 11.2. The fourth-order valence-corrected chi connectivity index (χ4v) is 2.88. The SMILES string of the molecule is O=C(Cn1cc(Cl)cn1)N1CCC(OCc2ccccc2)CC1. The highest BCUT2D eigenvalue weighted by atomic mass is 35.5. The van der Waals surface area contributed by atoms with Crippen molar-refractivity contribution in [3.63, 3.8) is 0 Å². The van der Waals surface area contributed by atoms with E-state index in [1.54, 1.807) is 17.1 Å². The maximum atomic E-state index is 12.2. The summed E-state index contributed by atoms with van der Waals surface area (Å²) in [6, 6.07) is 10.2. The fraction of sp³-hybridized carbons (Fsp3) is 0.412. The van der Waals surface area contributed by atoms with Crippen LogP contribution >= 0.6 is 11.6 Å². The molecule has 1 aliphatic heterocycles. The van der Waals surface area contributed by atoms with Crippen molar-refractivity contribution in [2.45, 2.75) is 32.1 Å². The Morgan fingerprint density at radius 1 is 1.26 bits per heavy atom. The number of rotatable bonds is 5. The smallest absolute Gasteiger partial charge is 0.244 e. The van der Waals surface area contributed by atoms with Crippen LogP contribution in [0.15, 0.2) is 42.7 Å². The summed E-state index contributed by atoms with van der Waals surface area (Å²) in [5.41, 5.74) is 1.18. The van der Waals surface area contributed by atoms with Gasteiger partial charge in [-0.1, -0.05) is 41.9 Å².